The molecular formula is C20H27N3O5. The van der Waals surface area contributed by atoms with Crippen molar-refractivity contribution >= 4 is 0 Å². The molecule has 1 aliphatic rings. The zero-order valence-corrected chi connectivity index (χ0v) is 16.8. The van der Waals surface area contributed by atoms with Gasteiger partial charge in [0.25, 0.3) is 0 Å². The lowest BCUT2D eigenvalue weighted by Crippen LogP contribution is -2.42. The van der Waals surface area contributed by atoms with E-state index in [4.69, 9.17) is 18.9 Å². The molecule has 2 aromatic rings. The Balaban J connectivity index is 1.69. The highest BCUT2D eigenvalue weighted by atomic mass is 16.5. The zero-order chi connectivity index (χ0) is 20.1. The predicted octanol–water partition coefficient (Wildman–Crippen LogP) is 1.99. The Morgan fingerprint density at radius 2 is 1.71 bits per heavy atom. The van der Waals surface area contributed by atoms with Crippen molar-refractivity contribution in [1.29, 1.82) is 0 Å². The van der Waals surface area contributed by atoms with Gasteiger partial charge in [-0.3, -0.25) is 4.90 Å². The molecular weight excluding hydrogens is 362 g/mol. The molecule has 0 bridgehead atoms. The summed E-state index contributed by atoms with van der Waals surface area (Å²) in [5.74, 6) is 1.78. The second-order valence-electron chi connectivity index (χ2n) is 6.78. The number of ether oxygens (including phenoxy) is 4. The highest BCUT2D eigenvalue weighted by Crippen LogP contribution is 2.38. The first-order chi connectivity index (χ1) is 13.5. The van der Waals surface area contributed by atoms with E-state index < -0.39 is 5.60 Å². The first kappa shape index (κ1) is 20.2. The standard InChI is InChI=1S/C20H27N3O5/c1-25-16-6-5-14(11-17(16)26-2)13-23-9-7-20(24,8-10-23)15-12-21-19(28-4)22-18(15)27-3/h5-6,11-12,24H,7-10,13H2,1-4H3. The summed E-state index contributed by atoms with van der Waals surface area (Å²) in [6, 6.07) is 6.14. The normalized spacial score (nSPS) is 16.5. The number of benzene rings is 1. The first-order valence-electron chi connectivity index (χ1n) is 9.14. The fourth-order valence-corrected chi connectivity index (χ4v) is 3.51. The van der Waals surface area contributed by atoms with E-state index in [2.05, 4.69) is 14.9 Å². The fraction of sp³-hybridized carbons (Fsp3) is 0.500. The van der Waals surface area contributed by atoms with Crippen LogP contribution >= 0.6 is 0 Å². The highest BCUT2D eigenvalue weighted by Gasteiger charge is 2.37. The minimum absolute atomic E-state index is 0.218. The molecule has 3 rings (SSSR count). The third kappa shape index (κ3) is 4.13. The van der Waals surface area contributed by atoms with Gasteiger partial charge in [0.1, 0.15) is 0 Å². The van der Waals surface area contributed by atoms with Gasteiger partial charge in [-0.15, -0.1) is 0 Å². The summed E-state index contributed by atoms with van der Waals surface area (Å²) in [6.45, 7) is 2.24. The number of likely N-dealkylation sites (tertiary alicyclic amines) is 1. The van der Waals surface area contributed by atoms with Gasteiger partial charge in [-0.2, -0.15) is 4.98 Å². The van der Waals surface area contributed by atoms with Crippen molar-refractivity contribution in [3.05, 3.63) is 35.5 Å². The van der Waals surface area contributed by atoms with Crippen LogP contribution in [0.3, 0.4) is 0 Å². The van der Waals surface area contributed by atoms with E-state index in [0.717, 1.165) is 25.2 Å². The van der Waals surface area contributed by atoms with Gasteiger partial charge in [-0.1, -0.05) is 6.07 Å². The summed E-state index contributed by atoms with van der Waals surface area (Å²) in [5.41, 5.74) is 0.709. The second kappa shape index (κ2) is 8.62. The lowest BCUT2D eigenvalue weighted by atomic mass is 9.85. The van der Waals surface area contributed by atoms with E-state index in [9.17, 15) is 5.11 Å². The van der Waals surface area contributed by atoms with Crippen molar-refractivity contribution in [2.24, 2.45) is 0 Å². The Morgan fingerprint density at radius 1 is 1.00 bits per heavy atom. The number of hydrogen-bond acceptors (Lipinski definition) is 8. The van der Waals surface area contributed by atoms with E-state index in [0.29, 0.717) is 35.8 Å². The van der Waals surface area contributed by atoms with Crippen LogP contribution in [0, 0.1) is 0 Å². The van der Waals surface area contributed by atoms with Gasteiger partial charge >= 0.3 is 6.01 Å². The number of piperidine rings is 1. The maximum atomic E-state index is 11.2. The molecule has 0 spiro atoms. The summed E-state index contributed by atoms with van der Waals surface area (Å²) in [4.78, 5) is 10.6. The number of hydrogen-bond donors (Lipinski definition) is 1. The summed E-state index contributed by atoms with van der Waals surface area (Å²) in [6.07, 6.45) is 2.72. The maximum Gasteiger partial charge on any atom is 0.319 e. The van der Waals surface area contributed by atoms with Crippen molar-refractivity contribution in [3.63, 3.8) is 0 Å². The summed E-state index contributed by atoms with van der Waals surface area (Å²) in [7, 11) is 6.28. The maximum absolute atomic E-state index is 11.2. The lowest BCUT2D eigenvalue weighted by Gasteiger charge is -2.38. The molecule has 0 radical (unpaired) electrons. The molecule has 8 heteroatoms. The van der Waals surface area contributed by atoms with Gasteiger partial charge in [0.2, 0.25) is 5.88 Å². The Morgan fingerprint density at radius 3 is 2.32 bits per heavy atom. The van der Waals surface area contributed by atoms with Crippen LogP contribution in [0.2, 0.25) is 0 Å². The minimum Gasteiger partial charge on any atom is -0.493 e. The van der Waals surface area contributed by atoms with Gasteiger partial charge in [0, 0.05) is 25.8 Å². The molecule has 28 heavy (non-hydrogen) atoms. The number of aromatic nitrogens is 2. The quantitative estimate of drug-likeness (QED) is 0.770. The Labute approximate surface area is 165 Å². The van der Waals surface area contributed by atoms with Crippen LogP contribution in [0.4, 0.5) is 0 Å². The third-order valence-electron chi connectivity index (χ3n) is 5.15. The minimum atomic E-state index is -1.02. The van der Waals surface area contributed by atoms with E-state index in [1.54, 1.807) is 20.4 Å². The molecule has 1 fully saturated rings. The van der Waals surface area contributed by atoms with Crippen molar-refractivity contribution in [2.45, 2.75) is 25.0 Å². The average Bonchev–Trinajstić information content (AvgIpc) is 2.74. The van der Waals surface area contributed by atoms with E-state index in [1.165, 1.54) is 14.2 Å². The summed E-state index contributed by atoms with van der Waals surface area (Å²) in [5, 5.41) is 11.2. The molecule has 2 heterocycles. The monoisotopic (exact) mass is 389 g/mol. The largest absolute Gasteiger partial charge is 0.493 e. The summed E-state index contributed by atoms with van der Waals surface area (Å²) < 4.78 is 21.1. The van der Waals surface area contributed by atoms with Gasteiger partial charge in [0.15, 0.2) is 11.5 Å². The molecule has 0 atom stereocenters. The van der Waals surface area contributed by atoms with Crippen LogP contribution < -0.4 is 18.9 Å². The molecule has 1 N–H and O–H groups in total. The molecule has 0 unspecified atom stereocenters. The van der Waals surface area contributed by atoms with Crippen LogP contribution in [0.15, 0.2) is 24.4 Å². The average molecular weight is 389 g/mol. The fourth-order valence-electron chi connectivity index (χ4n) is 3.51. The molecule has 8 nitrogen and oxygen atoms in total. The first-order valence-corrected chi connectivity index (χ1v) is 9.14. The zero-order valence-electron chi connectivity index (χ0n) is 16.8. The van der Waals surface area contributed by atoms with Crippen LogP contribution in [-0.2, 0) is 12.1 Å². The molecule has 0 amide bonds. The molecule has 1 saturated heterocycles. The van der Waals surface area contributed by atoms with E-state index in [1.807, 2.05) is 18.2 Å². The van der Waals surface area contributed by atoms with E-state index >= 15 is 0 Å². The Hall–Kier alpha value is -2.58. The molecule has 0 aliphatic carbocycles. The smallest absolute Gasteiger partial charge is 0.319 e. The molecule has 0 saturated carbocycles. The topological polar surface area (TPSA) is 86.2 Å². The second-order valence-corrected chi connectivity index (χ2v) is 6.78. The highest BCUT2D eigenvalue weighted by molar-refractivity contribution is 5.43. The third-order valence-corrected chi connectivity index (χ3v) is 5.15. The number of methoxy groups -OCH3 is 4. The summed E-state index contributed by atoms with van der Waals surface area (Å²) >= 11 is 0. The molecule has 1 aromatic heterocycles. The van der Waals surface area contributed by atoms with Gasteiger partial charge in [-0.05, 0) is 30.5 Å². The van der Waals surface area contributed by atoms with Crippen molar-refractivity contribution in [2.75, 3.05) is 41.5 Å². The number of nitrogens with zero attached hydrogens (tertiary/aromatic N) is 3. The lowest BCUT2D eigenvalue weighted by molar-refractivity contribution is -0.0300. The van der Waals surface area contributed by atoms with Gasteiger partial charge in [-0.25, -0.2) is 4.98 Å². The predicted molar refractivity (Wildman–Crippen MR) is 103 cm³/mol. The van der Waals surface area contributed by atoms with Crippen molar-refractivity contribution in [1.82, 2.24) is 14.9 Å². The number of aliphatic hydroxyl groups is 1. The van der Waals surface area contributed by atoms with Crippen LogP contribution in [0.25, 0.3) is 0 Å². The number of rotatable bonds is 7. The van der Waals surface area contributed by atoms with Crippen molar-refractivity contribution in [3.8, 4) is 23.4 Å². The molecule has 1 aromatic carbocycles. The van der Waals surface area contributed by atoms with Crippen LogP contribution in [-0.4, -0.2) is 61.5 Å². The Kier molecular flexibility index (Phi) is 6.21. The van der Waals surface area contributed by atoms with Gasteiger partial charge < -0.3 is 24.1 Å². The Bertz CT molecular complexity index is 806. The van der Waals surface area contributed by atoms with Crippen LogP contribution in [0.1, 0.15) is 24.0 Å². The van der Waals surface area contributed by atoms with Crippen LogP contribution in [0.5, 0.6) is 23.4 Å². The van der Waals surface area contributed by atoms with E-state index in [-0.39, 0.29) is 6.01 Å². The molecule has 1 aliphatic heterocycles. The SMILES string of the molecule is COc1ncc(C2(O)CCN(Cc3ccc(OC)c(OC)c3)CC2)c(OC)n1. The molecule has 152 valence electrons. The van der Waals surface area contributed by atoms with Gasteiger partial charge in [0.05, 0.1) is 39.6 Å². The van der Waals surface area contributed by atoms with Crippen molar-refractivity contribution < 1.29 is 24.1 Å².